The summed E-state index contributed by atoms with van der Waals surface area (Å²) in [4.78, 5) is 19.4. The van der Waals surface area contributed by atoms with E-state index < -0.39 is 0 Å². The zero-order chi connectivity index (χ0) is 19.5. The van der Waals surface area contributed by atoms with Crippen molar-refractivity contribution in [1.82, 2.24) is 15.0 Å². The summed E-state index contributed by atoms with van der Waals surface area (Å²) in [6, 6.07) is 6.92. The van der Waals surface area contributed by atoms with Gasteiger partial charge in [0.25, 0.3) is 0 Å². The summed E-state index contributed by atoms with van der Waals surface area (Å²) in [6.45, 7) is 2.31. The molecule has 2 saturated carbocycles. The molecular weight excluding hydrogens is 357 g/mol. The van der Waals surface area contributed by atoms with Gasteiger partial charge in [-0.05, 0) is 75.1 Å². The fourth-order valence-electron chi connectivity index (χ4n) is 4.17. The predicted molar refractivity (Wildman–Crippen MR) is 104 cm³/mol. The molecule has 1 heterocycles. The third-order valence-electron chi connectivity index (χ3n) is 5.96. The Hall–Kier alpha value is -2.24. The Labute approximate surface area is 165 Å². The summed E-state index contributed by atoms with van der Waals surface area (Å²) >= 11 is 0. The molecule has 6 heteroatoms. The third kappa shape index (κ3) is 4.59. The van der Waals surface area contributed by atoms with Crippen molar-refractivity contribution < 1.29 is 13.7 Å². The number of hydrogen-bond acceptors (Lipinski definition) is 4. The lowest BCUT2D eigenvalue weighted by atomic mass is 9.86. The van der Waals surface area contributed by atoms with Gasteiger partial charge in [-0.25, -0.2) is 4.39 Å². The molecule has 2 aliphatic carbocycles. The molecule has 0 bridgehead atoms. The Morgan fingerprint density at radius 3 is 2.39 bits per heavy atom. The van der Waals surface area contributed by atoms with Crippen LogP contribution in [0.3, 0.4) is 0 Å². The minimum absolute atomic E-state index is 0.278. The number of benzene rings is 1. The van der Waals surface area contributed by atoms with Crippen LogP contribution in [0.25, 0.3) is 11.4 Å². The molecule has 5 nitrogen and oxygen atoms in total. The number of carbonyl (C=O) groups is 1. The lowest BCUT2D eigenvalue weighted by Crippen LogP contribution is -2.43. The molecule has 150 valence electrons. The van der Waals surface area contributed by atoms with E-state index in [-0.39, 0.29) is 11.7 Å². The van der Waals surface area contributed by atoms with Gasteiger partial charge in [-0.1, -0.05) is 12.1 Å². The summed E-state index contributed by atoms with van der Waals surface area (Å²) in [6.07, 6.45) is 8.88. The van der Waals surface area contributed by atoms with Gasteiger partial charge in [0.05, 0.1) is 0 Å². The van der Waals surface area contributed by atoms with Crippen LogP contribution in [0.2, 0.25) is 0 Å². The summed E-state index contributed by atoms with van der Waals surface area (Å²) < 4.78 is 18.3. The van der Waals surface area contributed by atoms with Crippen molar-refractivity contribution in [2.75, 3.05) is 0 Å². The molecule has 0 atom stereocenters. The van der Waals surface area contributed by atoms with E-state index >= 15 is 0 Å². The SMILES string of the molecule is CC1CCC(N(C(=O)CCCc2nc(-c3ccc(F)cc3)no2)C2CC2)CC1. The number of aryl methyl sites for hydroxylation is 1. The van der Waals surface area contributed by atoms with Gasteiger partial charge >= 0.3 is 0 Å². The standard InChI is InChI=1S/C22H28FN3O2/c1-15-5-11-18(12-6-15)26(19-13-14-19)21(27)4-2-3-20-24-22(25-28-20)16-7-9-17(23)10-8-16/h7-10,15,18-19H,2-6,11-14H2,1H3. The summed E-state index contributed by atoms with van der Waals surface area (Å²) in [5, 5.41) is 3.96. The van der Waals surface area contributed by atoms with Gasteiger partial charge in [0.2, 0.25) is 17.6 Å². The van der Waals surface area contributed by atoms with Gasteiger partial charge in [-0.2, -0.15) is 4.98 Å². The number of halogens is 1. The second-order valence-electron chi connectivity index (χ2n) is 8.32. The highest BCUT2D eigenvalue weighted by atomic mass is 19.1. The first-order valence-corrected chi connectivity index (χ1v) is 10.5. The van der Waals surface area contributed by atoms with E-state index in [1.54, 1.807) is 12.1 Å². The van der Waals surface area contributed by atoms with E-state index in [2.05, 4.69) is 22.0 Å². The Morgan fingerprint density at radius 2 is 1.75 bits per heavy atom. The quantitative estimate of drug-likeness (QED) is 0.689. The van der Waals surface area contributed by atoms with Crippen molar-refractivity contribution in [3.8, 4) is 11.4 Å². The molecule has 2 fully saturated rings. The minimum atomic E-state index is -0.293. The molecular formula is C22H28FN3O2. The smallest absolute Gasteiger partial charge is 0.226 e. The molecule has 0 spiro atoms. The van der Waals surface area contributed by atoms with Crippen molar-refractivity contribution in [3.05, 3.63) is 36.0 Å². The monoisotopic (exact) mass is 385 g/mol. The number of hydrogen-bond donors (Lipinski definition) is 0. The Morgan fingerprint density at radius 1 is 1.11 bits per heavy atom. The van der Waals surface area contributed by atoms with E-state index in [9.17, 15) is 9.18 Å². The van der Waals surface area contributed by atoms with Gasteiger partial charge in [0.15, 0.2) is 0 Å². The van der Waals surface area contributed by atoms with Crippen molar-refractivity contribution in [1.29, 1.82) is 0 Å². The molecule has 1 aromatic carbocycles. The lowest BCUT2D eigenvalue weighted by Gasteiger charge is -2.36. The van der Waals surface area contributed by atoms with Crippen LogP contribution in [0.15, 0.2) is 28.8 Å². The maximum Gasteiger partial charge on any atom is 0.226 e. The molecule has 0 N–H and O–H groups in total. The van der Waals surface area contributed by atoms with E-state index in [0.717, 1.165) is 37.2 Å². The summed E-state index contributed by atoms with van der Waals surface area (Å²) in [5.74, 6) is 1.76. The van der Waals surface area contributed by atoms with E-state index in [1.165, 1.54) is 25.0 Å². The van der Waals surface area contributed by atoms with Gasteiger partial charge in [0.1, 0.15) is 5.82 Å². The average molecular weight is 385 g/mol. The normalized spacial score (nSPS) is 22.2. The van der Waals surface area contributed by atoms with Crippen molar-refractivity contribution in [2.24, 2.45) is 5.92 Å². The molecule has 4 rings (SSSR count). The predicted octanol–water partition coefficient (Wildman–Crippen LogP) is 4.77. The van der Waals surface area contributed by atoms with E-state index in [0.29, 0.717) is 43.1 Å². The molecule has 0 unspecified atom stereocenters. The molecule has 28 heavy (non-hydrogen) atoms. The minimum Gasteiger partial charge on any atom is -0.339 e. The Bertz CT molecular complexity index is 792. The highest BCUT2D eigenvalue weighted by Gasteiger charge is 2.37. The van der Waals surface area contributed by atoms with Crippen LogP contribution < -0.4 is 0 Å². The molecule has 2 aliphatic rings. The van der Waals surface area contributed by atoms with Crippen LogP contribution in [-0.2, 0) is 11.2 Å². The van der Waals surface area contributed by atoms with Crippen LogP contribution in [0.5, 0.6) is 0 Å². The summed E-state index contributed by atoms with van der Waals surface area (Å²) in [7, 11) is 0. The zero-order valence-electron chi connectivity index (χ0n) is 16.4. The molecule has 2 aromatic rings. The maximum absolute atomic E-state index is 13.0. The van der Waals surface area contributed by atoms with Crippen molar-refractivity contribution >= 4 is 5.91 Å². The fraction of sp³-hybridized carbons (Fsp3) is 0.591. The van der Waals surface area contributed by atoms with E-state index in [1.807, 2.05) is 0 Å². The average Bonchev–Trinajstić information content (AvgIpc) is 3.41. The molecule has 0 radical (unpaired) electrons. The van der Waals surface area contributed by atoms with Gasteiger partial charge in [0, 0.05) is 30.5 Å². The van der Waals surface area contributed by atoms with Gasteiger partial charge in [-0.15, -0.1) is 0 Å². The number of carbonyl (C=O) groups excluding carboxylic acids is 1. The number of aromatic nitrogens is 2. The first kappa shape index (κ1) is 19.1. The fourth-order valence-corrected chi connectivity index (χ4v) is 4.17. The maximum atomic E-state index is 13.0. The first-order valence-electron chi connectivity index (χ1n) is 10.5. The molecule has 1 amide bonds. The van der Waals surface area contributed by atoms with Crippen molar-refractivity contribution in [3.63, 3.8) is 0 Å². The molecule has 0 aliphatic heterocycles. The van der Waals surface area contributed by atoms with Crippen LogP contribution in [0.1, 0.15) is 64.2 Å². The van der Waals surface area contributed by atoms with Gasteiger partial charge in [-0.3, -0.25) is 4.79 Å². The first-order chi connectivity index (χ1) is 13.6. The topological polar surface area (TPSA) is 59.2 Å². The second-order valence-corrected chi connectivity index (χ2v) is 8.32. The van der Waals surface area contributed by atoms with Crippen LogP contribution in [-0.4, -0.2) is 33.0 Å². The van der Waals surface area contributed by atoms with Crippen LogP contribution >= 0.6 is 0 Å². The lowest BCUT2D eigenvalue weighted by molar-refractivity contribution is -0.135. The highest BCUT2D eigenvalue weighted by molar-refractivity contribution is 5.77. The Balaban J connectivity index is 1.29. The number of amides is 1. The largest absolute Gasteiger partial charge is 0.339 e. The highest BCUT2D eigenvalue weighted by Crippen LogP contribution is 2.35. The van der Waals surface area contributed by atoms with Crippen LogP contribution in [0.4, 0.5) is 4.39 Å². The molecule has 0 saturated heterocycles. The van der Waals surface area contributed by atoms with Gasteiger partial charge < -0.3 is 9.42 Å². The zero-order valence-corrected chi connectivity index (χ0v) is 16.4. The number of nitrogens with zero attached hydrogens (tertiary/aromatic N) is 3. The van der Waals surface area contributed by atoms with E-state index in [4.69, 9.17) is 4.52 Å². The molecule has 1 aromatic heterocycles. The third-order valence-corrected chi connectivity index (χ3v) is 5.96. The van der Waals surface area contributed by atoms with Crippen LogP contribution in [0, 0.1) is 11.7 Å². The van der Waals surface area contributed by atoms with Crippen molar-refractivity contribution in [2.45, 2.75) is 76.8 Å². The summed E-state index contributed by atoms with van der Waals surface area (Å²) in [5.41, 5.74) is 0.721. The number of rotatable bonds is 7. The Kier molecular flexibility index (Phi) is 5.74. The second kappa shape index (κ2) is 8.41.